The van der Waals surface area contributed by atoms with E-state index in [0.29, 0.717) is 0 Å². The van der Waals surface area contributed by atoms with E-state index in [4.69, 9.17) is 4.74 Å². The molecule has 1 aliphatic heterocycles. The first-order valence-corrected chi connectivity index (χ1v) is 4.19. The minimum atomic E-state index is 0.828. The predicted octanol–water partition coefficient (Wildman–Crippen LogP) is 0.918. The second kappa shape index (κ2) is 3.54. The van der Waals surface area contributed by atoms with Gasteiger partial charge in [-0.3, -0.25) is 4.98 Å². The molecular weight excluding hydrogens is 152 g/mol. The summed E-state index contributed by atoms with van der Waals surface area (Å²) in [4.78, 5) is 6.37. The highest BCUT2D eigenvalue weighted by atomic mass is 16.5. The lowest BCUT2D eigenvalue weighted by Crippen LogP contribution is -2.36. The van der Waals surface area contributed by atoms with Crippen molar-refractivity contribution in [1.82, 2.24) is 4.98 Å². The van der Waals surface area contributed by atoms with Crippen molar-refractivity contribution in [2.75, 3.05) is 31.2 Å². The zero-order valence-electron chi connectivity index (χ0n) is 6.94. The van der Waals surface area contributed by atoms with Gasteiger partial charge in [-0.25, -0.2) is 0 Å². The zero-order valence-corrected chi connectivity index (χ0v) is 6.94. The Morgan fingerprint density at radius 3 is 2.83 bits per heavy atom. The number of pyridine rings is 1. The van der Waals surface area contributed by atoms with Crippen molar-refractivity contribution in [2.45, 2.75) is 0 Å². The fourth-order valence-electron chi connectivity index (χ4n) is 1.36. The number of ether oxygens (including phenoxy) is 1. The van der Waals surface area contributed by atoms with Gasteiger partial charge in [0.25, 0.3) is 0 Å². The van der Waals surface area contributed by atoms with Gasteiger partial charge in [-0.2, -0.15) is 0 Å². The zero-order chi connectivity index (χ0) is 8.23. The molecular formula is C9H12N2O. The monoisotopic (exact) mass is 164 g/mol. The van der Waals surface area contributed by atoms with Gasteiger partial charge in [-0.15, -0.1) is 0 Å². The van der Waals surface area contributed by atoms with Crippen LogP contribution in [0.15, 0.2) is 24.5 Å². The Balaban J connectivity index is 2.08. The lowest BCUT2D eigenvalue weighted by Gasteiger charge is -2.28. The lowest BCUT2D eigenvalue weighted by atomic mass is 10.3. The van der Waals surface area contributed by atoms with E-state index >= 15 is 0 Å². The van der Waals surface area contributed by atoms with Gasteiger partial charge in [0, 0.05) is 19.3 Å². The van der Waals surface area contributed by atoms with Gasteiger partial charge in [-0.1, -0.05) is 0 Å². The average molecular weight is 164 g/mol. The van der Waals surface area contributed by atoms with Crippen molar-refractivity contribution in [1.29, 1.82) is 0 Å². The molecule has 0 bridgehead atoms. The van der Waals surface area contributed by atoms with Crippen molar-refractivity contribution in [3.63, 3.8) is 0 Å². The van der Waals surface area contributed by atoms with Gasteiger partial charge < -0.3 is 9.64 Å². The Hall–Kier alpha value is -1.09. The highest BCUT2D eigenvalue weighted by Crippen LogP contribution is 2.12. The van der Waals surface area contributed by atoms with Crippen LogP contribution in [0.25, 0.3) is 0 Å². The topological polar surface area (TPSA) is 25.4 Å². The van der Waals surface area contributed by atoms with Crippen LogP contribution in [0.4, 0.5) is 5.69 Å². The van der Waals surface area contributed by atoms with E-state index in [1.807, 2.05) is 12.3 Å². The molecule has 0 spiro atoms. The minimum Gasteiger partial charge on any atom is -0.378 e. The molecule has 2 heterocycles. The van der Waals surface area contributed by atoms with E-state index in [0.717, 1.165) is 26.3 Å². The van der Waals surface area contributed by atoms with E-state index < -0.39 is 0 Å². The number of hydrogen-bond acceptors (Lipinski definition) is 3. The molecule has 0 amide bonds. The van der Waals surface area contributed by atoms with Crippen molar-refractivity contribution in [2.24, 2.45) is 0 Å². The van der Waals surface area contributed by atoms with Crippen molar-refractivity contribution in [3.05, 3.63) is 24.5 Å². The van der Waals surface area contributed by atoms with Gasteiger partial charge in [0.2, 0.25) is 0 Å². The van der Waals surface area contributed by atoms with E-state index in [1.165, 1.54) is 5.69 Å². The molecule has 0 saturated carbocycles. The van der Waals surface area contributed by atoms with Crippen molar-refractivity contribution < 1.29 is 4.74 Å². The van der Waals surface area contributed by atoms with Crippen LogP contribution < -0.4 is 4.90 Å². The summed E-state index contributed by atoms with van der Waals surface area (Å²) in [6, 6.07) is 4.04. The van der Waals surface area contributed by atoms with Crippen LogP contribution in [0.3, 0.4) is 0 Å². The summed E-state index contributed by atoms with van der Waals surface area (Å²) < 4.78 is 5.26. The minimum absolute atomic E-state index is 0.828. The molecule has 0 unspecified atom stereocenters. The van der Waals surface area contributed by atoms with Crippen LogP contribution in [0, 0.1) is 0 Å². The maximum absolute atomic E-state index is 5.26. The molecule has 0 N–H and O–H groups in total. The van der Waals surface area contributed by atoms with Crippen LogP contribution in [0.5, 0.6) is 0 Å². The van der Waals surface area contributed by atoms with Gasteiger partial charge >= 0.3 is 0 Å². The molecule has 64 valence electrons. The maximum Gasteiger partial charge on any atom is 0.0642 e. The summed E-state index contributed by atoms with van der Waals surface area (Å²) >= 11 is 0. The Morgan fingerprint density at radius 2 is 2.17 bits per heavy atom. The van der Waals surface area contributed by atoms with Crippen molar-refractivity contribution >= 4 is 5.69 Å². The highest BCUT2D eigenvalue weighted by molar-refractivity contribution is 5.43. The summed E-state index contributed by atoms with van der Waals surface area (Å²) in [5.41, 5.74) is 1.20. The molecule has 1 saturated heterocycles. The number of morpholine rings is 1. The van der Waals surface area contributed by atoms with Crippen LogP contribution in [0.1, 0.15) is 0 Å². The van der Waals surface area contributed by atoms with Crippen LogP contribution in [-0.4, -0.2) is 31.3 Å². The third kappa shape index (κ3) is 1.56. The van der Waals surface area contributed by atoms with E-state index in [-0.39, 0.29) is 0 Å². The molecule has 1 fully saturated rings. The second-order valence-corrected chi connectivity index (χ2v) is 2.81. The molecule has 2 rings (SSSR count). The fraction of sp³-hybridized carbons (Fsp3) is 0.444. The van der Waals surface area contributed by atoms with Crippen molar-refractivity contribution in [3.8, 4) is 0 Å². The molecule has 3 nitrogen and oxygen atoms in total. The van der Waals surface area contributed by atoms with Crippen LogP contribution >= 0.6 is 0 Å². The van der Waals surface area contributed by atoms with Gasteiger partial charge in [-0.05, 0) is 12.1 Å². The second-order valence-electron chi connectivity index (χ2n) is 2.81. The number of anilines is 1. The fourth-order valence-corrected chi connectivity index (χ4v) is 1.36. The summed E-state index contributed by atoms with van der Waals surface area (Å²) in [5, 5.41) is 0. The lowest BCUT2D eigenvalue weighted by molar-refractivity contribution is 0.122. The smallest absolute Gasteiger partial charge is 0.0642 e. The quantitative estimate of drug-likeness (QED) is 0.617. The Kier molecular flexibility index (Phi) is 2.23. The van der Waals surface area contributed by atoms with Gasteiger partial charge in [0.15, 0.2) is 0 Å². The molecule has 12 heavy (non-hydrogen) atoms. The Morgan fingerprint density at radius 1 is 1.33 bits per heavy atom. The number of rotatable bonds is 1. The first-order chi connectivity index (χ1) is 5.97. The molecule has 0 radical (unpaired) electrons. The molecule has 0 atom stereocenters. The van der Waals surface area contributed by atoms with E-state index in [9.17, 15) is 0 Å². The molecule has 3 heteroatoms. The predicted molar refractivity (Wildman–Crippen MR) is 47.3 cm³/mol. The molecule has 0 aromatic carbocycles. The van der Waals surface area contributed by atoms with Gasteiger partial charge in [0.05, 0.1) is 25.1 Å². The third-order valence-corrected chi connectivity index (χ3v) is 2.02. The number of hydrogen-bond donors (Lipinski definition) is 0. The SMILES string of the molecule is c1cncc(N2CCOCC2)c1. The Bertz CT molecular complexity index is 232. The standard InChI is InChI=1S/C9H12N2O/c1-2-9(8-10-3-1)11-4-6-12-7-5-11/h1-3,8H,4-7H2. The molecule has 1 aromatic heterocycles. The van der Waals surface area contributed by atoms with Gasteiger partial charge in [0.1, 0.15) is 0 Å². The molecule has 1 aliphatic rings. The average Bonchev–Trinajstić information content (AvgIpc) is 2.21. The van der Waals surface area contributed by atoms with E-state index in [1.54, 1.807) is 6.20 Å². The molecule has 0 aliphatic carbocycles. The summed E-state index contributed by atoms with van der Waals surface area (Å²) in [5.74, 6) is 0. The normalized spacial score (nSPS) is 17.8. The van der Waals surface area contributed by atoms with E-state index in [2.05, 4.69) is 16.0 Å². The first-order valence-electron chi connectivity index (χ1n) is 4.19. The van der Waals surface area contributed by atoms with Crippen LogP contribution in [0.2, 0.25) is 0 Å². The summed E-state index contributed by atoms with van der Waals surface area (Å²) in [6.45, 7) is 3.61. The summed E-state index contributed by atoms with van der Waals surface area (Å²) in [6.07, 6.45) is 3.69. The summed E-state index contributed by atoms with van der Waals surface area (Å²) in [7, 11) is 0. The van der Waals surface area contributed by atoms with Crippen LogP contribution in [-0.2, 0) is 4.74 Å². The third-order valence-electron chi connectivity index (χ3n) is 2.02. The number of nitrogens with zero attached hydrogens (tertiary/aromatic N) is 2. The largest absolute Gasteiger partial charge is 0.378 e. The first kappa shape index (κ1) is 7.55. The number of aromatic nitrogens is 1. The highest BCUT2D eigenvalue weighted by Gasteiger charge is 2.09. The maximum atomic E-state index is 5.26. The Labute approximate surface area is 72.0 Å². The molecule has 1 aromatic rings.